The van der Waals surface area contributed by atoms with Gasteiger partial charge in [-0.25, -0.2) is 0 Å². The second kappa shape index (κ2) is 6.06. The number of rotatable bonds is 4. The van der Waals surface area contributed by atoms with Crippen molar-refractivity contribution in [2.24, 2.45) is 0 Å². The van der Waals surface area contributed by atoms with E-state index in [1.807, 2.05) is 42.5 Å². The lowest BCUT2D eigenvalue weighted by Gasteiger charge is -2.56. The van der Waals surface area contributed by atoms with Gasteiger partial charge in [0, 0.05) is 30.9 Å². The molecule has 0 aliphatic carbocycles. The van der Waals surface area contributed by atoms with E-state index in [0.29, 0.717) is 18.6 Å². The molecule has 3 saturated heterocycles. The first-order valence-electron chi connectivity index (χ1n) is 8.79. The highest BCUT2D eigenvalue weighted by molar-refractivity contribution is 5.92. The summed E-state index contributed by atoms with van der Waals surface area (Å²) in [4.78, 5) is 16.9. The highest BCUT2D eigenvalue weighted by Gasteiger charge is 2.45. The number of nitrogens with one attached hydrogen (secondary N) is 1. The molecular weight excluding hydrogens is 330 g/mol. The van der Waals surface area contributed by atoms with Gasteiger partial charge in [0.15, 0.2) is 5.65 Å². The number of carbonyl (C=O) groups is 1. The number of carbonyl (C=O) groups excluding carboxylic acids is 1. The maximum absolute atomic E-state index is 12.3. The zero-order chi connectivity index (χ0) is 17.5. The first kappa shape index (κ1) is 15.3. The van der Waals surface area contributed by atoms with Crippen molar-refractivity contribution in [3.05, 3.63) is 48.8 Å². The molecule has 1 N–H and O–H groups in total. The predicted molar refractivity (Wildman–Crippen MR) is 97.0 cm³/mol. The topological polar surface area (TPSA) is 78.7 Å². The van der Waals surface area contributed by atoms with Gasteiger partial charge in [0.05, 0.1) is 6.54 Å². The van der Waals surface area contributed by atoms with Gasteiger partial charge in [0.1, 0.15) is 12.1 Å². The molecule has 0 radical (unpaired) electrons. The molecule has 2 aromatic heterocycles. The van der Waals surface area contributed by atoms with Crippen LogP contribution in [-0.4, -0.2) is 62.3 Å². The molecule has 1 amide bonds. The third kappa shape index (κ3) is 2.68. The fraction of sp³-hybridized carbons (Fsp3) is 0.333. The van der Waals surface area contributed by atoms with Crippen LogP contribution in [0.4, 0.5) is 11.5 Å². The predicted octanol–water partition coefficient (Wildman–Crippen LogP) is 1.03. The van der Waals surface area contributed by atoms with Crippen molar-refractivity contribution < 1.29 is 4.79 Å². The molecule has 8 heteroatoms. The number of fused-ring (bicyclic) bond motifs is 3. The Morgan fingerprint density at radius 2 is 1.92 bits per heavy atom. The number of anilines is 2. The Kier molecular flexibility index (Phi) is 3.56. The zero-order valence-electron chi connectivity index (χ0n) is 14.2. The molecule has 3 aromatic rings. The Labute approximate surface area is 150 Å². The van der Waals surface area contributed by atoms with Crippen LogP contribution in [0.1, 0.15) is 6.42 Å². The van der Waals surface area contributed by atoms with Crippen molar-refractivity contribution in [1.29, 1.82) is 0 Å². The van der Waals surface area contributed by atoms with E-state index in [9.17, 15) is 4.79 Å². The van der Waals surface area contributed by atoms with Crippen molar-refractivity contribution in [2.75, 3.05) is 29.9 Å². The van der Waals surface area contributed by atoms with Gasteiger partial charge < -0.3 is 10.2 Å². The van der Waals surface area contributed by atoms with E-state index in [1.54, 1.807) is 10.8 Å². The molecule has 2 bridgehead atoms. The number of hydrogen-bond acceptors (Lipinski definition) is 6. The van der Waals surface area contributed by atoms with Crippen molar-refractivity contribution in [3.63, 3.8) is 0 Å². The van der Waals surface area contributed by atoms with Gasteiger partial charge in [-0.1, -0.05) is 18.2 Å². The molecule has 6 rings (SSSR count). The summed E-state index contributed by atoms with van der Waals surface area (Å²) < 4.78 is 1.70. The average molecular weight is 349 g/mol. The van der Waals surface area contributed by atoms with Crippen LogP contribution < -0.4 is 10.2 Å². The molecule has 0 saturated carbocycles. The van der Waals surface area contributed by atoms with Crippen LogP contribution in [-0.2, 0) is 4.79 Å². The summed E-state index contributed by atoms with van der Waals surface area (Å²) in [5, 5.41) is 15.4. The SMILES string of the molecule is O=C(CN1C2CC1CN(c1ccc3nncn3n1)C2)Nc1ccccc1. The summed E-state index contributed by atoms with van der Waals surface area (Å²) in [6, 6.07) is 14.3. The lowest BCUT2D eigenvalue weighted by Crippen LogP contribution is -2.69. The molecule has 2 atom stereocenters. The number of benzene rings is 1. The number of aromatic nitrogens is 4. The summed E-state index contributed by atoms with van der Waals surface area (Å²) >= 11 is 0. The summed E-state index contributed by atoms with van der Waals surface area (Å²) in [5.74, 6) is 0.976. The number of nitrogens with zero attached hydrogens (tertiary/aromatic N) is 6. The molecule has 8 nitrogen and oxygen atoms in total. The zero-order valence-corrected chi connectivity index (χ0v) is 14.2. The molecule has 0 spiro atoms. The molecule has 3 fully saturated rings. The van der Waals surface area contributed by atoms with Crippen LogP contribution in [0.15, 0.2) is 48.8 Å². The van der Waals surface area contributed by atoms with Crippen LogP contribution in [0.2, 0.25) is 0 Å². The van der Waals surface area contributed by atoms with Crippen LogP contribution in [0.3, 0.4) is 0 Å². The Hall–Kier alpha value is -3.00. The van der Waals surface area contributed by atoms with Gasteiger partial charge in [-0.3, -0.25) is 9.69 Å². The van der Waals surface area contributed by atoms with E-state index in [1.165, 1.54) is 0 Å². The maximum Gasteiger partial charge on any atom is 0.238 e. The highest BCUT2D eigenvalue weighted by atomic mass is 16.2. The van der Waals surface area contributed by atoms with E-state index in [0.717, 1.165) is 36.7 Å². The smallest absolute Gasteiger partial charge is 0.238 e. The van der Waals surface area contributed by atoms with E-state index in [4.69, 9.17) is 0 Å². The van der Waals surface area contributed by atoms with Gasteiger partial charge in [0.2, 0.25) is 5.91 Å². The van der Waals surface area contributed by atoms with Crippen molar-refractivity contribution in [3.8, 4) is 0 Å². The quantitative estimate of drug-likeness (QED) is 0.758. The maximum atomic E-state index is 12.3. The lowest BCUT2D eigenvalue weighted by molar-refractivity contribution is -0.121. The monoisotopic (exact) mass is 349 g/mol. The second-order valence-electron chi connectivity index (χ2n) is 6.86. The summed E-state index contributed by atoms with van der Waals surface area (Å²) in [5.41, 5.74) is 1.59. The van der Waals surface area contributed by atoms with Gasteiger partial charge in [-0.2, -0.15) is 4.52 Å². The Balaban J connectivity index is 1.22. The fourth-order valence-corrected chi connectivity index (χ4v) is 3.91. The van der Waals surface area contributed by atoms with Gasteiger partial charge in [0.25, 0.3) is 0 Å². The normalized spacial score (nSPS) is 22.2. The van der Waals surface area contributed by atoms with Crippen molar-refractivity contribution in [1.82, 2.24) is 24.7 Å². The minimum atomic E-state index is 0.0448. The van der Waals surface area contributed by atoms with E-state index in [-0.39, 0.29) is 5.91 Å². The summed E-state index contributed by atoms with van der Waals surface area (Å²) in [7, 11) is 0. The highest BCUT2D eigenvalue weighted by Crippen LogP contribution is 2.33. The number of hydrogen-bond donors (Lipinski definition) is 1. The number of amides is 1. The third-order valence-electron chi connectivity index (χ3n) is 5.20. The largest absolute Gasteiger partial charge is 0.352 e. The minimum Gasteiger partial charge on any atom is -0.352 e. The third-order valence-corrected chi connectivity index (χ3v) is 5.20. The first-order valence-corrected chi connectivity index (χ1v) is 8.79. The van der Waals surface area contributed by atoms with E-state index >= 15 is 0 Å². The summed E-state index contributed by atoms with van der Waals surface area (Å²) in [6.07, 6.45) is 2.76. The number of piperazine rings is 1. The molecule has 5 heterocycles. The lowest BCUT2D eigenvalue weighted by atomic mass is 9.87. The fourth-order valence-electron chi connectivity index (χ4n) is 3.91. The van der Waals surface area contributed by atoms with Gasteiger partial charge in [-0.05, 0) is 30.7 Å². The van der Waals surface area contributed by atoms with E-state index in [2.05, 4.69) is 30.4 Å². The molecule has 2 unspecified atom stereocenters. The van der Waals surface area contributed by atoms with Crippen LogP contribution >= 0.6 is 0 Å². The summed E-state index contributed by atoms with van der Waals surface area (Å²) in [6.45, 7) is 2.21. The van der Waals surface area contributed by atoms with E-state index < -0.39 is 0 Å². The second-order valence-corrected chi connectivity index (χ2v) is 6.86. The molecular formula is C18H19N7O. The van der Waals surface area contributed by atoms with Crippen molar-refractivity contribution in [2.45, 2.75) is 18.5 Å². The van der Waals surface area contributed by atoms with Crippen LogP contribution in [0.25, 0.3) is 5.65 Å². The van der Waals surface area contributed by atoms with Gasteiger partial charge in [-0.15, -0.1) is 15.3 Å². The van der Waals surface area contributed by atoms with Crippen LogP contribution in [0, 0.1) is 0 Å². The van der Waals surface area contributed by atoms with Crippen LogP contribution in [0.5, 0.6) is 0 Å². The minimum absolute atomic E-state index is 0.0448. The molecule has 3 aliphatic heterocycles. The van der Waals surface area contributed by atoms with Crippen molar-refractivity contribution >= 4 is 23.1 Å². The average Bonchev–Trinajstić information content (AvgIpc) is 3.15. The molecule has 3 aliphatic rings. The molecule has 26 heavy (non-hydrogen) atoms. The Morgan fingerprint density at radius 1 is 1.12 bits per heavy atom. The molecule has 1 aromatic carbocycles. The molecule has 132 valence electrons. The first-order chi connectivity index (χ1) is 12.8. The number of piperidine rings is 1. The number of para-hydroxylation sites is 1. The Morgan fingerprint density at radius 3 is 2.73 bits per heavy atom. The Bertz CT molecular complexity index is 929. The standard InChI is InChI=1S/C18H19N7O/c26-18(20-13-4-2-1-3-5-13)11-24-14-8-15(24)10-23(9-14)17-7-6-16-21-19-12-25(16)22-17/h1-7,12,14-15H,8-11H2,(H,20,26). The van der Waals surface area contributed by atoms with Gasteiger partial charge >= 0.3 is 0 Å².